The van der Waals surface area contributed by atoms with Crippen LogP contribution in [0.1, 0.15) is 0 Å². The molecule has 2 fully saturated rings. The third-order valence-corrected chi connectivity index (χ3v) is 5.79. The maximum Gasteiger partial charge on any atom is 0.247 e. The third-order valence-electron chi connectivity index (χ3n) is 4.29. The number of hydrogen-bond acceptors (Lipinski definition) is 11. The number of nitrogens with two attached hydrogens (primary N) is 1. The molecule has 2 aliphatic rings. The molecule has 0 saturated carbocycles. The molecule has 2 rings (SSSR count). The van der Waals surface area contributed by atoms with Gasteiger partial charge in [-0.25, -0.2) is 0 Å². The zero-order valence-corrected chi connectivity index (χ0v) is 13.8. The van der Waals surface area contributed by atoms with Gasteiger partial charge >= 0.3 is 0 Å². The number of aliphatic hydroxyl groups excluding tert-OH is 7. The summed E-state index contributed by atoms with van der Waals surface area (Å²) in [5.41, 5.74) is 3.99. The highest BCUT2D eigenvalue weighted by atomic mass is 32.2. The lowest BCUT2D eigenvalue weighted by molar-refractivity contribution is -0.207. The highest BCUT2D eigenvalue weighted by molar-refractivity contribution is 8.00. The van der Waals surface area contributed by atoms with E-state index in [0.29, 0.717) is 11.8 Å². The number of ether oxygens (including phenoxy) is 2. The lowest BCUT2D eigenvalue weighted by Crippen LogP contribution is -2.63. The van der Waals surface area contributed by atoms with Gasteiger partial charge in [0.05, 0.1) is 24.6 Å². The van der Waals surface area contributed by atoms with E-state index in [9.17, 15) is 35.4 Å². The topological polar surface area (TPSA) is 203 Å². The molecular formula is C13H23NO10S. The number of amides is 1. The molecular weight excluding hydrogens is 362 g/mol. The Hall–Kier alpha value is -0.540. The van der Waals surface area contributed by atoms with Crippen LogP contribution < -0.4 is 5.73 Å². The highest BCUT2D eigenvalue weighted by Gasteiger charge is 2.51. The Morgan fingerprint density at radius 3 is 1.88 bits per heavy atom. The number of primary amides is 1. The van der Waals surface area contributed by atoms with Gasteiger partial charge in [0.2, 0.25) is 5.91 Å². The third kappa shape index (κ3) is 4.08. The molecule has 0 bridgehead atoms. The highest BCUT2D eigenvalue weighted by Crippen LogP contribution is 2.37. The van der Waals surface area contributed by atoms with Gasteiger partial charge in [0, 0.05) is 0 Å². The van der Waals surface area contributed by atoms with E-state index in [1.54, 1.807) is 0 Å². The van der Waals surface area contributed by atoms with Gasteiger partial charge in [0.15, 0.2) is 6.10 Å². The van der Waals surface area contributed by atoms with Crippen LogP contribution in [0.2, 0.25) is 0 Å². The first-order chi connectivity index (χ1) is 11.7. The van der Waals surface area contributed by atoms with Crippen molar-refractivity contribution in [3.05, 3.63) is 0 Å². The van der Waals surface area contributed by atoms with Crippen LogP contribution in [0, 0.1) is 0 Å². The molecule has 12 heteroatoms. The van der Waals surface area contributed by atoms with E-state index >= 15 is 0 Å². The second-order valence-electron chi connectivity index (χ2n) is 5.96. The van der Waals surface area contributed by atoms with Crippen molar-refractivity contribution in [3.8, 4) is 0 Å². The smallest absolute Gasteiger partial charge is 0.247 e. The molecule has 11 nitrogen and oxygen atoms in total. The Bertz CT molecular complexity index is 468. The Labute approximate surface area is 147 Å². The maximum absolute atomic E-state index is 11.6. The van der Waals surface area contributed by atoms with Crippen molar-refractivity contribution in [2.75, 3.05) is 13.2 Å². The summed E-state index contributed by atoms with van der Waals surface area (Å²) in [5.74, 6) is -0.966. The summed E-state index contributed by atoms with van der Waals surface area (Å²) in [7, 11) is 0. The van der Waals surface area contributed by atoms with E-state index in [1.165, 1.54) is 0 Å². The quantitative estimate of drug-likeness (QED) is 0.225. The molecule has 2 heterocycles. The summed E-state index contributed by atoms with van der Waals surface area (Å²) in [4.78, 5) is 11.6. The molecule has 25 heavy (non-hydrogen) atoms. The lowest BCUT2D eigenvalue weighted by atomic mass is 9.97. The van der Waals surface area contributed by atoms with E-state index in [4.69, 9.17) is 20.3 Å². The van der Waals surface area contributed by atoms with E-state index in [1.807, 2.05) is 0 Å². The Kier molecular flexibility index (Phi) is 7.01. The molecule has 0 radical (unpaired) electrons. The molecule has 146 valence electrons. The molecule has 0 spiro atoms. The molecule has 0 unspecified atom stereocenters. The van der Waals surface area contributed by atoms with Crippen LogP contribution in [0.5, 0.6) is 0 Å². The first-order valence-electron chi connectivity index (χ1n) is 7.60. The summed E-state index contributed by atoms with van der Waals surface area (Å²) in [5, 5.41) is 67.0. The molecule has 10 atom stereocenters. The average Bonchev–Trinajstić information content (AvgIpc) is 2.59. The fourth-order valence-electron chi connectivity index (χ4n) is 2.81. The number of hydrogen-bond donors (Lipinski definition) is 8. The monoisotopic (exact) mass is 385 g/mol. The standard InChI is InChI=1S/C13H23NO10S/c14-12(22)10-11(8(20)6(18)3(1-15)23-10)25-13-9(21)7(19)5(17)4(2-16)24-13/h3-11,13,15-21H,1-2H2,(H2,14,22)/t3-,4-,5+,6+,7+,8+,9-,10-,11+,13+/m1/s1. The Morgan fingerprint density at radius 2 is 1.36 bits per heavy atom. The molecule has 0 aliphatic carbocycles. The summed E-state index contributed by atoms with van der Waals surface area (Å²) < 4.78 is 10.5. The number of thioether (sulfide) groups is 1. The summed E-state index contributed by atoms with van der Waals surface area (Å²) in [6.45, 7) is -1.29. The fraction of sp³-hybridized carbons (Fsp3) is 0.923. The predicted molar refractivity (Wildman–Crippen MR) is 82.1 cm³/mol. The van der Waals surface area contributed by atoms with Gasteiger partial charge in [0.25, 0.3) is 0 Å². The van der Waals surface area contributed by atoms with Crippen molar-refractivity contribution >= 4 is 17.7 Å². The van der Waals surface area contributed by atoms with Crippen molar-refractivity contribution < 1.29 is 50.0 Å². The zero-order valence-electron chi connectivity index (χ0n) is 13.0. The van der Waals surface area contributed by atoms with E-state index in [-0.39, 0.29) is 0 Å². The maximum atomic E-state index is 11.6. The van der Waals surface area contributed by atoms with Crippen LogP contribution in [-0.4, -0.2) is 114 Å². The van der Waals surface area contributed by atoms with Crippen molar-refractivity contribution in [3.63, 3.8) is 0 Å². The predicted octanol–water partition coefficient (Wildman–Crippen LogP) is -5.15. The van der Waals surface area contributed by atoms with Gasteiger partial charge in [-0.1, -0.05) is 0 Å². The van der Waals surface area contributed by atoms with Crippen molar-refractivity contribution in [2.45, 2.75) is 59.5 Å². The summed E-state index contributed by atoms with van der Waals surface area (Å²) >= 11 is 0.663. The van der Waals surface area contributed by atoms with E-state index < -0.39 is 78.6 Å². The molecule has 1 amide bonds. The number of carbonyl (C=O) groups is 1. The second kappa shape index (κ2) is 8.43. The van der Waals surface area contributed by atoms with Gasteiger partial charge in [-0.15, -0.1) is 11.8 Å². The fourth-order valence-corrected chi connectivity index (χ4v) is 4.31. The van der Waals surface area contributed by atoms with Gasteiger partial charge in [-0.3, -0.25) is 4.79 Å². The first kappa shape index (κ1) is 20.8. The van der Waals surface area contributed by atoms with Crippen LogP contribution in [0.15, 0.2) is 0 Å². The number of aliphatic hydroxyl groups is 7. The molecule has 2 saturated heterocycles. The minimum atomic E-state index is -1.63. The van der Waals surface area contributed by atoms with Gasteiger partial charge < -0.3 is 51.0 Å². The summed E-state index contributed by atoms with van der Waals surface area (Å²) in [6, 6.07) is 0. The first-order valence-corrected chi connectivity index (χ1v) is 8.55. The zero-order chi connectivity index (χ0) is 18.9. The normalized spacial score (nSPS) is 48.3. The Morgan fingerprint density at radius 1 is 0.840 bits per heavy atom. The molecule has 0 aromatic rings. The van der Waals surface area contributed by atoms with Gasteiger partial charge in [-0.2, -0.15) is 0 Å². The minimum Gasteiger partial charge on any atom is -0.394 e. The molecule has 2 aliphatic heterocycles. The van der Waals surface area contributed by atoms with Crippen LogP contribution in [-0.2, 0) is 14.3 Å². The van der Waals surface area contributed by atoms with Crippen molar-refractivity contribution in [1.29, 1.82) is 0 Å². The SMILES string of the molecule is NC(=O)[C@@H]1O[C@H](CO)[C@H](O)[C@H](O)[C@@H]1S[C@@H]1O[C@H](CO)[C@H](O)[C@H](O)[C@H]1O. The lowest BCUT2D eigenvalue weighted by Gasteiger charge is -2.45. The molecule has 0 aromatic carbocycles. The van der Waals surface area contributed by atoms with E-state index in [0.717, 1.165) is 0 Å². The van der Waals surface area contributed by atoms with Crippen molar-refractivity contribution in [1.82, 2.24) is 0 Å². The second-order valence-corrected chi connectivity index (χ2v) is 7.24. The van der Waals surface area contributed by atoms with Gasteiger partial charge in [0.1, 0.15) is 42.1 Å². The van der Waals surface area contributed by atoms with Crippen LogP contribution >= 0.6 is 11.8 Å². The largest absolute Gasteiger partial charge is 0.394 e. The average molecular weight is 385 g/mol. The van der Waals surface area contributed by atoms with E-state index in [2.05, 4.69) is 0 Å². The van der Waals surface area contributed by atoms with Crippen LogP contribution in [0.4, 0.5) is 0 Å². The van der Waals surface area contributed by atoms with Crippen LogP contribution in [0.25, 0.3) is 0 Å². The molecule has 9 N–H and O–H groups in total. The van der Waals surface area contributed by atoms with Gasteiger partial charge in [-0.05, 0) is 0 Å². The Balaban J connectivity index is 2.19. The van der Waals surface area contributed by atoms with Crippen LogP contribution in [0.3, 0.4) is 0 Å². The van der Waals surface area contributed by atoms with Crippen molar-refractivity contribution in [2.24, 2.45) is 5.73 Å². The molecule has 0 aromatic heterocycles. The minimum absolute atomic E-state index is 0.639. The number of carbonyl (C=O) groups excluding carboxylic acids is 1. The summed E-state index contributed by atoms with van der Waals surface area (Å²) in [6.07, 6.45) is -11.7. The number of rotatable bonds is 5.